The normalized spacial score (nSPS) is 19.6. The van der Waals surface area contributed by atoms with Gasteiger partial charge >= 0.3 is 6.18 Å². The van der Waals surface area contributed by atoms with Gasteiger partial charge in [0.25, 0.3) is 0 Å². The molecule has 5 heteroatoms. The summed E-state index contributed by atoms with van der Waals surface area (Å²) in [6, 6.07) is 7.97. The van der Waals surface area contributed by atoms with Crippen molar-refractivity contribution in [1.82, 2.24) is 5.32 Å². The first kappa shape index (κ1) is 15.2. The second-order valence-electron chi connectivity index (χ2n) is 5.31. The van der Waals surface area contributed by atoms with Crippen molar-refractivity contribution < 1.29 is 13.2 Å². The van der Waals surface area contributed by atoms with Crippen LogP contribution in [0.15, 0.2) is 24.3 Å². The highest BCUT2D eigenvalue weighted by Crippen LogP contribution is 2.27. The van der Waals surface area contributed by atoms with Gasteiger partial charge in [-0.1, -0.05) is 31.5 Å². The van der Waals surface area contributed by atoms with Crippen molar-refractivity contribution in [3.63, 3.8) is 0 Å². The largest absolute Gasteiger partial charge is 0.390 e. The van der Waals surface area contributed by atoms with Crippen molar-refractivity contribution in [3.05, 3.63) is 29.8 Å². The Morgan fingerprint density at radius 1 is 1.30 bits per heavy atom. The molecule has 20 heavy (non-hydrogen) atoms. The summed E-state index contributed by atoms with van der Waals surface area (Å²) in [4.78, 5) is 1.88. The Labute approximate surface area is 118 Å². The molecule has 112 valence electrons. The third-order valence-corrected chi connectivity index (χ3v) is 3.66. The van der Waals surface area contributed by atoms with E-state index in [1.54, 1.807) is 0 Å². The Morgan fingerprint density at radius 3 is 2.75 bits per heavy atom. The molecule has 0 bridgehead atoms. The van der Waals surface area contributed by atoms with Crippen molar-refractivity contribution in [3.8, 4) is 0 Å². The first-order chi connectivity index (χ1) is 9.49. The van der Waals surface area contributed by atoms with Crippen molar-refractivity contribution in [2.24, 2.45) is 0 Å². The van der Waals surface area contributed by atoms with E-state index in [9.17, 15) is 13.2 Å². The fourth-order valence-electron chi connectivity index (χ4n) is 2.67. The van der Waals surface area contributed by atoms with Gasteiger partial charge in [0.05, 0.1) is 6.42 Å². The highest BCUT2D eigenvalue weighted by atomic mass is 19.4. The fourth-order valence-corrected chi connectivity index (χ4v) is 2.67. The Bertz CT molecular complexity index is 431. The number of hydrogen-bond donors (Lipinski definition) is 1. The lowest BCUT2D eigenvalue weighted by molar-refractivity contribution is -0.132. The van der Waals surface area contributed by atoms with E-state index in [1.807, 2.05) is 29.2 Å². The van der Waals surface area contributed by atoms with Crippen LogP contribution in [0, 0.1) is 0 Å². The number of fused-ring (bicyclic) bond motifs is 1. The lowest BCUT2D eigenvalue weighted by Crippen LogP contribution is -2.39. The molecule has 0 saturated carbocycles. The van der Waals surface area contributed by atoms with Gasteiger partial charge in [-0.2, -0.15) is 13.2 Å². The molecule has 0 amide bonds. The van der Waals surface area contributed by atoms with Gasteiger partial charge in [0.2, 0.25) is 0 Å². The molecule has 1 aromatic carbocycles. The lowest BCUT2D eigenvalue weighted by atomic mass is 10.1. The second kappa shape index (κ2) is 6.48. The molecule has 0 radical (unpaired) electrons. The van der Waals surface area contributed by atoms with Crippen LogP contribution in [0.25, 0.3) is 0 Å². The molecule has 1 unspecified atom stereocenters. The lowest BCUT2D eigenvalue weighted by Gasteiger charge is -2.28. The molecule has 0 spiro atoms. The zero-order chi connectivity index (χ0) is 14.6. The molecule has 1 atom stereocenters. The predicted molar refractivity (Wildman–Crippen MR) is 74.9 cm³/mol. The van der Waals surface area contributed by atoms with Crippen molar-refractivity contribution in [2.75, 3.05) is 18.0 Å². The van der Waals surface area contributed by atoms with Crippen LogP contribution in [0.5, 0.6) is 0 Å². The van der Waals surface area contributed by atoms with Crippen molar-refractivity contribution >= 4 is 5.69 Å². The van der Waals surface area contributed by atoms with Gasteiger partial charge in [0, 0.05) is 31.4 Å². The maximum Gasteiger partial charge on any atom is 0.390 e. The zero-order valence-electron chi connectivity index (χ0n) is 11.7. The molecular formula is C15H21F3N2. The van der Waals surface area contributed by atoms with E-state index in [-0.39, 0.29) is 12.6 Å². The van der Waals surface area contributed by atoms with E-state index in [0.717, 1.165) is 30.6 Å². The van der Waals surface area contributed by atoms with Gasteiger partial charge in [-0.25, -0.2) is 0 Å². The van der Waals surface area contributed by atoms with Crippen LogP contribution >= 0.6 is 0 Å². The summed E-state index contributed by atoms with van der Waals surface area (Å²) in [7, 11) is 0. The average Bonchev–Trinajstić information content (AvgIpc) is 2.56. The topological polar surface area (TPSA) is 15.3 Å². The van der Waals surface area contributed by atoms with Crippen LogP contribution in [0.1, 0.15) is 31.7 Å². The van der Waals surface area contributed by atoms with Gasteiger partial charge in [-0.05, 0) is 18.1 Å². The minimum atomic E-state index is -4.10. The number of hydrogen-bond acceptors (Lipinski definition) is 2. The molecule has 1 aromatic rings. The smallest absolute Gasteiger partial charge is 0.369 e. The highest BCUT2D eigenvalue weighted by Gasteiger charge is 2.29. The van der Waals surface area contributed by atoms with Gasteiger partial charge in [0.1, 0.15) is 0 Å². The average molecular weight is 286 g/mol. The van der Waals surface area contributed by atoms with E-state index in [1.165, 1.54) is 0 Å². The van der Waals surface area contributed by atoms with Crippen LogP contribution < -0.4 is 10.2 Å². The maximum absolute atomic E-state index is 12.5. The Balaban J connectivity index is 2.15. The summed E-state index contributed by atoms with van der Waals surface area (Å²) in [6.45, 7) is 3.49. The first-order valence-electron chi connectivity index (χ1n) is 7.12. The molecular weight excluding hydrogens is 265 g/mol. The zero-order valence-corrected chi connectivity index (χ0v) is 11.7. The van der Waals surface area contributed by atoms with Crippen LogP contribution in [0.3, 0.4) is 0 Å². The molecule has 1 heterocycles. The Hall–Kier alpha value is -1.23. The summed E-state index contributed by atoms with van der Waals surface area (Å²) >= 11 is 0. The Morgan fingerprint density at radius 2 is 2.05 bits per heavy atom. The Kier molecular flexibility index (Phi) is 4.91. The minimum absolute atomic E-state index is 0.0302. The number of para-hydroxylation sites is 1. The predicted octanol–water partition coefficient (Wildman–Crippen LogP) is 3.72. The molecule has 2 nitrogen and oxygen atoms in total. The number of nitrogens with one attached hydrogen (secondary N) is 1. The highest BCUT2D eigenvalue weighted by molar-refractivity contribution is 5.54. The molecule has 0 aromatic heterocycles. The number of anilines is 1. The molecule has 2 rings (SSSR count). The van der Waals surface area contributed by atoms with Crippen LogP contribution in [-0.2, 0) is 6.54 Å². The number of benzene rings is 1. The molecule has 0 aliphatic carbocycles. The summed E-state index contributed by atoms with van der Waals surface area (Å²) in [5, 5.41) is 3.44. The first-order valence-corrected chi connectivity index (χ1v) is 7.12. The van der Waals surface area contributed by atoms with E-state index in [0.29, 0.717) is 6.54 Å². The number of nitrogens with zero attached hydrogens (tertiary/aromatic N) is 1. The van der Waals surface area contributed by atoms with Gasteiger partial charge in [-0.15, -0.1) is 0 Å². The van der Waals surface area contributed by atoms with Crippen LogP contribution in [0.4, 0.5) is 18.9 Å². The fraction of sp³-hybridized carbons (Fsp3) is 0.600. The number of halogens is 3. The van der Waals surface area contributed by atoms with E-state index in [2.05, 4.69) is 12.2 Å². The van der Waals surface area contributed by atoms with Gasteiger partial charge in [-0.3, -0.25) is 0 Å². The quantitative estimate of drug-likeness (QED) is 0.907. The van der Waals surface area contributed by atoms with Gasteiger partial charge in [0.15, 0.2) is 0 Å². The standard InChI is InChI=1S/C15H21F3N2/c1-2-5-13-11-20(9-8-15(16,17)18)14-7-4-3-6-12(14)10-19-13/h3-4,6-7,13,19H,2,5,8-11H2,1H3. The number of alkyl halides is 3. The second-order valence-corrected chi connectivity index (χ2v) is 5.31. The third kappa shape index (κ3) is 4.13. The monoisotopic (exact) mass is 286 g/mol. The summed E-state index contributed by atoms with van der Waals surface area (Å²) in [6.07, 6.45) is -2.85. The maximum atomic E-state index is 12.5. The summed E-state index contributed by atoms with van der Waals surface area (Å²) < 4.78 is 37.5. The number of rotatable bonds is 4. The van der Waals surface area contributed by atoms with Crippen LogP contribution in [0.2, 0.25) is 0 Å². The minimum Gasteiger partial charge on any atom is -0.369 e. The summed E-state index contributed by atoms with van der Waals surface area (Å²) in [5.41, 5.74) is 2.01. The molecule has 1 aliphatic heterocycles. The molecule has 1 aliphatic rings. The molecule has 1 N–H and O–H groups in total. The van der Waals surface area contributed by atoms with Crippen LogP contribution in [-0.4, -0.2) is 25.3 Å². The summed E-state index contributed by atoms with van der Waals surface area (Å²) in [5.74, 6) is 0. The third-order valence-electron chi connectivity index (χ3n) is 3.66. The van der Waals surface area contributed by atoms with Crippen molar-refractivity contribution in [1.29, 1.82) is 0 Å². The van der Waals surface area contributed by atoms with E-state index < -0.39 is 12.6 Å². The van der Waals surface area contributed by atoms with E-state index >= 15 is 0 Å². The molecule has 0 fully saturated rings. The van der Waals surface area contributed by atoms with Crippen molar-refractivity contribution in [2.45, 2.75) is 44.9 Å². The molecule has 0 saturated heterocycles. The van der Waals surface area contributed by atoms with Gasteiger partial charge < -0.3 is 10.2 Å². The SMILES string of the molecule is CCCC1CN(CCC(F)(F)F)c2ccccc2CN1. The van der Waals surface area contributed by atoms with E-state index in [4.69, 9.17) is 0 Å².